The molecule has 2 N–H and O–H groups in total. The summed E-state index contributed by atoms with van der Waals surface area (Å²) in [6, 6.07) is 0. The Labute approximate surface area is 113 Å². The predicted molar refractivity (Wildman–Crippen MR) is 68.8 cm³/mol. The Kier molecular flexibility index (Phi) is 5.15. The van der Waals surface area contributed by atoms with Gasteiger partial charge in [0.1, 0.15) is 6.10 Å². The van der Waals surface area contributed by atoms with Crippen LogP contribution in [0, 0.1) is 0 Å². The van der Waals surface area contributed by atoms with E-state index in [9.17, 15) is 9.59 Å². The zero-order valence-corrected chi connectivity index (χ0v) is 11.1. The van der Waals surface area contributed by atoms with Crippen molar-refractivity contribution in [3.63, 3.8) is 0 Å². The maximum atomic E-state index is 11.8. The first-order chi connectivity index (χ1) is 9.16. The Bertz CT molecular complexity index is 329. The van der Waals surface area contributed by atoms with Gasteiger partial charge in [-0.3, -0.25) is 4.79 Å². The first-order valence-electron chi connectivity index (χ1n) is 7.05. The quantitative estimate of drug-likeness (QED) is 0.747. The number of carboxylic acid groups (broad SMARTS) is 1. The van der Waals surface area contributed by atoms with Gasteiger partial charge in [0.2, 0.25) is 5.91 Å². The van der Waals surface area contributed by atoms with Crippen molar-refractivity contribution < 1.29 is 19.4 Å². The Morgan fingerprint density at radius 3 is 2.47 bits per heavy atom. The second-order valence-electron chi connectivity index (χ2n) is 5.22. The number of carbonyl (C=O) groups excluding carboxylic acids is 1. The van der Waals surface area contributed by atoms with Crippen LogP contribution >= 0.6 is 0 Å². The van der Waals surface area contributed by atoms with Crippen LogP contribution in [0.3, 0.4) is 0 Å². The Morgan fingerprint density at radius 2 is 1.84 bits per heavy atom. The lowest BCUT2D eigenvalue weighted by Crippen LogP contribution is -2.41. The molecule has 2 saturated heterocycles. The average molecular weight is 270 g/mol. The van der Waals surface area contributed by atoms with E-state index in [2.05, 4.69) is 10.2 Å². The van der Waals surface area contributed by atoms with Crippen molar-refractivity contribution in [1.82, 2.24) is 10.2 Å². The molecule has 6 nitrogen and oxygen atoms in total. The molecule has 2 rings (SSSR count). The summed E-state index contributed by atoms with van der Waals surface area (Å²) < 4.78 is 5.20. The SMILES string of the molecule is O=C(O)C1CCC(C(=O)NCCN2CCCCC2)O1. The maximum absolute atomic E-state index is 11.8. The minimum absolute atomic E-state index is 0.180. The molecule has 0 aromatic carbocycles. The lowest BCUT2D eigenvalue weighted by molar-refractivity contribution is -0.151. The smallest absolute Gasteiger partial charge is 0.332 e. The molecule has 0 bridgehead atoms. The van der Waals surface area contributed by atoms with Crippen molar-refractivity contribution in [2.75, 3.05) is 26.2 Å². The Hall–Kier alpha value is -1.14. The van der Waals surface area contributed by atoms with Crippen LogP contribution in [0.25, 0.3) is 0 Å². The summed E-state index contributed by atoms with van der Waals surface area (Å²) in [5, 5.41) is 11.6. The molecule has 0 saturated carbocycles. The molecule has 2 heterocycles. The number of rotatable bonds is 5. The van der Waals surface area contributed by atoms with Crippen molar-refractivity contribution in [2.24, 2.45) is 0 Å². The van der Waals surface area contributed by atoms with Crippen molar-refractivity contribution in [2.45, 2.75) is 44.3 Å². The molecular formula is C13H22N2O4. The van der Waals surface area contributed by atoms with Gasteiger partial charge in [0.25, 0.3) is 0 Å². The molecular weight excluding hydrogens is 248 g/mol. The van der Waals surface area contributed by atoms with Gasteiger partial charge in [-0.1, -0.05) is 6.42 Å². The van der Waals surface area contributed by atoms with Crippen LogP contribution in [0.1, 0.15) is 32.1 Å². The Balaban J connectivity index is 1.63. The largest absolute Gasteiger partial charge is 0.479 e. The molecule has 0 aromatic heterocycles. The van der Waals surface area contributed by atoms with Crippen LogP contribution in [-0.2, 0) is 14.3 Å². The molecule has 0 aliphatic carbocycles. The summed E-state index contributed by atoms with van der Waals surface area (Å²) in [6.07, 6.45) is 3.27. The van der Waals surface area contributed by atoms with Crippen molar-refractivity contribution in [3.8, 4) is 0 Å². The summed E-state index contributed by atoms with van der Waals surface area (Å²) in [7, 11) is 0. The number of piperidine rings is 1. The molecule has 6 heteroatoms. The van der Waals surface area contributed by atoms with Gasteiger partial charge in [-0.2, -0.15) is 0 Å². The molecule has 0 aromatic rings. The first kappa shape index (κ1) is 14.3. The maximum Gasteiger partial charge on any atom is 0.332 e. The number of carbonyl (C=O) groups is 2. The predicted octanol–water partition coefficient (Wildman–Crippen LogP) is 0.221. The molecule has 1 amide bonds. The zero-order chi connectivity index (χ0) is 13.7. The van der Waals surface area contributed by atoms with Gasteiger partial charge in [-0.05, 0) is 38.8 Å². The van der Waals surface area contributed by atoms with Crippen molar-refractivity contribution in [3.05, 3.63) is 0 Å². The second-order valence-corrected chi connectivity index (χ2v) is 5.22. The van der Waals surface area contributed by atoms with Gasteiger partial charge >= 0.3 is 5.97 Å². The van der Waals surface area contributed by atoms with E-state index in [0.717, 1.165) is 19.6 Å². The van der Waals surface area contributed by atoms with Gasteiger partial charge in [0.15, 0.2) is 6.10 Å². The van der Waals surface area contributed by atoms with E-state index in [1.807, 2.05) is 0 Å². The third-order valence-electron chi connectivity index (χ3n) is 3.76. The van der Waals surface area contributed by atoms with Gasteiger partial charge in [-0.15, -0.1) is 0 Å². The van der Waals surface area contributed by atoms with Crippen LogP contribution in [0.4, 0.5) is 0 Å². The summed E-state index contributed by atoms with van der Waals surface area (Å²) in [5.74, 6) is -1.16. The number of likely N-dealkylation sites (tertiary alicyclic amines) is 1. The first-order valence-corrected chi connectivity index (χ1v) is 7.05. The van der Waals surface area contributed by atoms with Crippen LogP contribution in [-0.4, -0.2) is 60.3 Å². The summed E-state index contributed by atoms with van der Waals surface area (Å²) >= 11 is 0. The number of ether oxygens (including phenoxy) is 1. The molecule has 2 unspecified atom stereocenters. The molecule has 2 atom stereocenters. The van der Waals surface area contributed by atoms with E-state index in [0.29, 0.717) is 19.4 Å². The molecule has 19 heavy (non-hydrogen) atoms. The molecule has 2 aliphatic heterocycles. The van der Waals surface area contributed by atoms with E-state index in [1.54, 1.807) is 0 Å². The zero-order valence-electron chi connectivity index (χ0n) is 11.1. The third-order valence-corrected chi connectivity index (χ3v) is 3.76. The number of nitrogens with one attached hydrogen (secondary N) is 1. The van der Waals surface area contributed by atoms with E-state index in [1.165, 1.54) is 19.3 Å². The fourth-order valence-corrected chi connectivity index (χ4v) is 2.65. The molecule has 0 radical (unpaired) electrons. The van der Waals surface area contributed by atoms with E-state index >= 15 is 0 Å². The van der Waals surface area contributed by atoms with Gasteiger partial charge in [0.05, 0.1) is 0 Å². The van der Waals surface area contributed by atoms with Gasteiger partial charge in [-0.25, -0.2) is 4.79 Å². The number of aliphatic carboxylic acids is 1. The lowest BCUT2D eigenvalue weighted by atomic mass is 10.1. The van der Waals surface area contributed by atoms with Crippen LogP contribution in [0.15, 0.2) is 0 Å². The van der Waals surface area contributed by atoms with Gasteiger partial charge < -0.3 is 20.1 Å². The molecule has 2 aliphatic rings. The average Bonchev–Trinajstić information content (AvgIpc) is 2.89. The number of hydrogen-bond donors (Lipinski definition) is 2. The standard InChI is InChI=1S/C13H22N2O4/c16-12(10-4-5-11(19-10)13(17)18)14-6-9-15-7-2-1-3-8-15/h10-11H,1-9H2,(H,14,16)(H,17,18). The van der Waals surface area contributed by atoms with Gasteiger partial charge in [0, 0.05) is 13.1 Å². The van der Waals surface area contributed by atoms with Crippen LogP contribution in [0.2, 0.25) is 0 Å². The molecule has 0 spiro atoms. The highest BCUT2D eigenvalue weighted by Gasteiger charge is 2.34. The summed E-state index contributed by atoms with van der Waals surface area (Å²) in [6.45, 7) is 3.69. The fourth-order valence-electron chi connectivity index (χ4n) is 2.65. The van der Waals surface area contributed by atoms with E-state index in [-0.39, 0.29) is 5.91 Å². The van der Waals surface area contributed by atoms with Crippen LogP contribution < -0.4 is 5.32 Å². The highest BCUT2D eigenvalue weighted by Crippen LogP contribution is 2.19. The van der Waals surface area contributed by atoms with Crippen molar-refractivity contribution in [1.29, 1.82) is 0 Å². The van der Waals surface area contributed by atoms with Crippen LogP contribution in [0.5, 0.6) is 0 Å². The highest BCUT2D eigenvalue weighted by molar-refractivity contribution is 5.82. The van der Waals surface area contributed by atoms with Crippen molar-refractivity contribution >= 4 is 11.9 Å². The number of amides is 1. The monoisotopic (exact) mass is 270 g/mol. The van der Waals surface area contributed by atoms with E-state index in [4.69, 9.17) is 9.84 Å². The number of carboxylic acids is 1. The van der Waals surface area contributed by atoms with E-state index < -0.39 is 18.2 Å². The molecule has 2 fully saturated rings. The molecule has 108 valence electrons. The third kappa shape index (κ3) is 4.18. The summed E-state index contributed by atoms with van der Waals surface area (Å²) in [5.41, 5.74) is 0. The number of hydrogen-bond acceptors (Lipinski definition) is 4. The Morgan fingerprint density at radius 1 is 1.16 bits per heavy atom. The highest BCUT2D eigenvalue weighted by atomic mass is 16.5. The minimum atomic E-state index is -0.983. The number of nitrogens with zero attached hydrogens (tertiary/aromatic N) is 1. The topological polar surface area (TPSA) is 78.9 Å². The summed E-state index contributed by atoms with van der Waals surface area (Å²) in [4.78, 5) is 24.9. The minimum Gasteiger partial charge on any atom is -0.479 e. The fraction of sp³-hybridized carbons (Fsp3) is 0.846. The lowest BCUT2D eigenvalue weighted by Gasteiger charge is -2.26. The second kappa shape index (κ2) is 6.86. The normalized spacial score (nSPS) is 28.2.